The van der Waals surface area contributed by atoms with Crippen LogP contribution in [0, 0.1) is 92.7 Å². The van der Waals surface area contributed by atoms with Crippen LogP contribution in [0.2, 0.25) is 0 Å². The number of hydrogen-bond donors (Lipinski definition) is 6. The van der Waals surface area contributed by atoms with Gasteiger partial charge >= 0.3 is 0 Å². The molecule has 10 nitrogen and oxygen atoms in total. The van der Waals surface area contributed by atoms with Crippen molar-refractivity contribution in [3.05, 3.63) is 35.4 Å². The van der Waals surface area contributed by atoms with Crippen molar-refractivity contribution < 1.29 is 19.8 Å². The topological polar surface area (TPSA) is 185 Å². The number of rotatable bonds is 22. The minimum absolute atomic E-state index is 0.0700. The van der Waals surface area contributed by atoms with Crippen LogP contribution in [0.5, 0.6) is 0 Å². The molecular formula is C68H116N6O4. The van der Waals surface area contributed by atoms with E-state index in [4.69, 9.17) is 22.9 Å². The molecule has 0 bridgehead atoms. The molecule has 2 amide bonds. The summed E-state index contributed by atoms with van der Waals surface area (Å²) >= 11 is 0. The maximum absolute atomic E-state index is 14.2. The molecule has 8 aliphatic rings. The van der Waals surface area contributed by atoms with Crippen LogP contribution < -0.4 is 22.9 Å². The molecule has 0 aromatic heterocycles. The summed E-state index contributed by atoms with van der Waals surface area (Å²) in [6.07, 6.45) is 26.1. The third kappa shape index (κ3) is 11.6. The molecule has 8 fully saturated rings. The van der Waals surface area contributed by atoms with Gasteiger partial charge in [-0.25, -0.2) is 0 Å². The van der Waals surface area contributed by atoms with Crippen LogP contribution in [-0.4, -0.2) is 81.3 Å². The van der Waals surface area contributed by atoms with E-state index < -0.39 is 0 Å². The van der Waals surface area contributed by atoms with E-state index in [1.165, 1.54) is 25.7 Å². The van der Waals surface area contributed by atoms with Crippen molar-refractivity contribution in [3.63, 3.8) is 0 Å². The summed E-state index contributed by atoms with van der Waals surface area (Å²) in [5.41, 5.74) is 32.0. The minimum atomic E-state index is -0.179. The van der Waals surface area contributed by atoms with Crippen molar-refractivity contribution in [2.75, 3.05) is 13.1 Å². The first-order valence-corrected chi connectivity index (χ1v) is 33.2. The Morgan fingerprint density at radius 1 is 0.538 bits per heavy atom. The molecular weight excluding hydrogens is 965 g/mol. The second kappa shape index (κ2) is 25.0. The fourth-order valence-electron chi connectivity index (χ4n) is 21.4. The lowest BCUT2D eigenvalue weighted by atomic mass is 9.42. The highest BCUT2D eigenvalue weighted by atomic mass is 16.3. The number of fused-ring (bicyclic) bond motifs is 10. The van der Waals surface area contributed by atoms with Crippen molar-refractivity contribution in [2.45, 2.75) is 272 Å². The SMILES string of the molecule is CCCCCN(Cc1ccc(CN(CCCCC)C(=O)CCC[C@@H](C)[C@H]2CC[C@H]3[C@@H]4[C@H](N)C[C@@H]5C[C@H](O)CC[C@]5(C)[C@H]4C[C@H](N)[C@]23C)cc1)C(=O)CCC[C@@H](C)[C@H]1CC[C@H]2[C@@H]3[C@H](N)C[C@@H]4C[C@H](O)CC[C@]4(C)[C@H]3C[C@H](N)[C@]12C. The van der Waals surface area contributed by atoms with Gasteiger partial charge in [-0.2, -0.15) is 0 Å². The van der Waals surface area contributed by atoms with Gasteiger partial charge in [0, 0.05) is 63.2 Å². The number of unbranched alkanes of at least 4 members (excludes halogenated alkanes) is 4. The molecule has 8 aliphatic carbocycles. The summed E-state index contributed by atoms with van der Waals surface area (Å²) < 4.78 is 0. The number of aliphatic hydroxyl groups is 2. The lowest BCUT2D eigenvalue weighted by Gasteiger charge is -2.64. The summed E-state index contributed by atoms with van der Waals surface area (Å²) in [6.45, 7) is 22.2. The molecule has 10 N–H and O–H groups in total. The number of aliphatic hydroxyl groups excluding tert-OH is 2. The third-order valence-electron chi connectivity index (χ3n) is 26.1. The number of carbonyl (C=O) groups excluding carboxylic acids is 2. The first-order valence-electron chi connectivity index (χ1n) is 33.2. The smallest absolute Gasteiger partial charge is 0.222 e. The molecule has 9 rings (SSSR count). The fraction of sp³-hybridized carbons (Fsp3) is 0.882. The van der Waals surface area contributed by atoms with Crippen molar-refractivity contribution in [1.29, 1.82) is 0 Å². The van der Waals surface area contributed by atoms with Crippen LogP contribution in [0.1, 0.15) is 233 Å². The molecule has 1 aromatic rings. The fourth-order valence-corrected chi connectivity index (χ4v) is 21.4. The van der Waals surface area contributed by atoms with E-state index >= 15 is 0 Å². The molecule has 442 valence electrons. The second-order valence-electron chi connectivity index (χ2n) is 30.0. The summed E-state index contributed by atoms with van der Waals surface area (Å²) in [6, 6.07) is 9.50. The van der Waals surface area contributed by atoms with Gasteiger partial charge in [-0.05, 0) is 232 Å². The predicted molar refractivity (Wildman–Crippen MR) is 318 cm³/mol. The Morgan fingerprint density at radius 3 is 1.29 bits per heavy atom. The molecule has 0 spiro atoms. The highest BCUT2D eigenvalue weighted by Crippen LogP contribution is 2.70. The number of hydrogen-bond acceptors (Lipinski definition) is 8. The van der Waals surface area contributed by atoms with E-state index in [9.17, 15) is 19.8 Å². The molecule has 78 heavy (non-hydrogen) atoms. The van der Waals surface area contributed by atoms with E-state index in [1.807, 2.05) is 0 Å². The zero-order valence-corrected chi connectivity index (χ0v) is 50.8. The van der Waals surface area contributed by atoms with Crippen LogP contribution >= 0.6 is 0 Å². The molecule has 1 aromatic carbocycles. The van der Waals surface area contributed by atoms with Gasteiger partial charge in [0.05, 0.1) is 12.2 Å². The monoisotopic (exact) mass is 1080 g/mol. The number of carbonyl (C=O) groups is 2. The van der Waals surface area contributed by atoms with Crippen molar-refractivity contribution in [2.24, 2.45) is 116 Å². The molecule has 8 saturated carbocycles. The first-order chi connectivity index (χ1) is 37.2. The van der Waals surface area contributed by atoms with Crippen LogP contribution in [-0.2, 0) is 22.7 Å². The number of amides is 2. The molecule has 0 aliphatic heterocycles. The van der Waals surface area contributed by atoms with E-state index in [0.29, 0.717) is 96.9 Å². The number of nitrogens with two attached hydrogens (primary N) is 4. The summed E-state index contributed by atoms with van der Waals surface area (Å²) in [5.74, 6) is 6.89. The zero-order valence-electron chi connectivity index (χ0n) is 50.8. The quantitative estimate of drug-likeness (QED) is 0.0620. The summed E-state index contributed by atoms with van der Waals surface area (Å²) in [4.78, 5) is 32.6. The van der Waals surface area contributed by atoms with Gasteiger partial charge in [0.25, 0.3) is 0 Å². The molecule has 10 heteroatoms. The highest BCUT2D eigenvalue weighted by Gasteiger charge is 2.66. The molecule has 0 radical (unpaired) electrons. The Balaban J connectivity index is 0.762. The highest BCUT2D eigenvalue weighted by molar-refractivity contribution is 5.76. The Bertz CT molecular complexity index is 1990. The Kier molecular flexibility index (Phi) is 19.4. The lowest BCUT2D eigenvalue weighted by molar-refractivity contribution is -0.143. The van der Waals surface area contributed by atoms with E-state index in [2.05, 4.69) is 89.5 Å². The largest absolute Gasteiger partial charge is 0.393 e. The standard InChI is InChI=1S/C68H116N6O4/c1-9-11-13-33-73(61(77)19-15-17-43(3)51-25-27-53-63-55(39-59(71)67(51,53)7)65(5)31-29-49(75)35-47(65)37-57(63)69)41-45-21-23-46(24-22-45)42-74(34-14-12-10-2)62(78)20-16-18-44(4)52-26-28-54-64-56(40-60(72)68(52,54)8)66(6)32-30-50(76)36-48(66)38-58(64)70/h21-24,43-44,47-60,63-64,75-76H,9-20,25-42,69-72H2,1-8H3/t43-,44-,47+,48+,49-,50-,51-,52-,53+,54+,55+,56+,57-,58-,59+,60+,63+,64+,65+,66+,67-,68-/m1/s1. The Hall–Kier alpha value is -2.08. The number of nitrogens with zero attached hydrogens (tertiary/aromatic N) is 2. The zero-order chi connectivity index (χ0) is 55.9. The van der Waals surface area contributed by atoms with Gasteiger partial charge < -0.3 is 42.9 Å². The van der Waals surface area contributed by atoms with Gasteiger partial charge in [-0.1, -0.05) is 105 Å². The summed E-state index contributed by atoms with van der Waals surface area (Å²) in [5, 5.41) is 21.2. The van der Waals surface area contributed by atoms with Crippen LogP contribution in [0.3, 0.4) is 0 Å². The molecule has 0 saturated heterocycles. The summed E-state index contributed by atoms with van der Waals surface area (Å²) in [7, 11) is 0. The van der Waals surface area contributed by atoms with Crippen LogP contribution in [0.4, 0.5) is 0 Å². The van der Waals surface area contributed by atoms with E-state index in [1.54, 1.807) is 0 Å². The van der Waals surface area contributed by atoms with Crippen molar-refractivity contribution in [1.82, 2.24) is 9.80 Å². The normalized spacial score (nSPS) is 42.5. The van der Waals surface area contributed by atoms with Gasteiger partial charge in [0.15, 0.2) is 0 Å². The van der Waals surface area contributed by atoms with Gasteiger partial charge in [-0.15, -0.1) is 0 Å². The average molecular weight is 1080 g/mol. The van der Waals surface area contributed by atoms with Gasteiger partial charge in [-0.3, -0.25) is 9.59 Å². The van der Waals surface area contributed by atoms with Gasteiger partial charge in [0.2, 0.25) is 11.8 Å². The van der Waals surface area contributed by atoms with Gasteiger partial charge in [0.1, 0.15) is 0 Å². The van der Waals surface area contributed by atoms with Crippen LogP contribution in [0.25, 0.3) is 0 Å². The molecule has 0 heterocycles. The third-order valence-corrected chi connectivity index (χ3v) is 26.1. The van der Waals surface area contributed by atoms with Crippen LogP contribution in [0.15, 0.2) is 24.3 Å². The maximum Gasteiger partial charge on any atom is 0.222 e. The Morgan fingerprint density at radius 2 is 0.923 bits per heavy atom. The first kappa shape index (κ1) is 60.5. The number of benzene rings is 1. The average Bonchev–Trinajstić information content (AvgIpc) is 4.16. The maximum atomic E-state index is 14.2. The predicted octanol–water partition coefficient (Wildman–Crippen LogP) is 12.1. The van der Waals surface area contributed by atoms with Crippen molar-refractivity contribution >= 4 is 11.8 Å². The van der Waals surface area contributed by atoms with E-state index in [0.717, 1.165) is 153 Å². The lowest BCUT2D eigenvalue weighted by Crippen LogP contribution is -2.65. The Labute approximate surface area is 475 Å². The van der Waals surface area contributed by atoms with E-state index in [-0.39, 0.29) is 69.8 Å². The van der Waals surface area contributed by atoms with Crippen molar-refractivity contribution in [3.8, 4) is 0 Å². The molecule has 22 atom stereocenters. The minimum Gasteiger partial charge on any atom is -0.393 e. The second-order valence-corrected chi connectivity index (χ2v) is 30.0. The molecule has 0 unspecified atom stereocenters.